The molecule has 2 aromatic carbocycles. The lowest BCUT2D eigenvalue weighted by Crippen LogP contribution is -2.30. The van der Waals surface area contributed by atoms with Gasteiger partial charge in [-0.05, 0) is 44.5 Å². The monoisotopic (exact) mass is 370 g/mol. The van der Waals surface area contributed by atoms with Gasteiger partial charge in [0.1, 0.15) is 11.3 Å². The third-order valence-electron chi connectivity index (χ3n) is 3.73. The molecule has 3 rings (SSSR count). The van der Waals surface area contributed by atoms with Crippen LogP contribution in [0.25, 0.3) is 0 Å². The third kappa shape index (κ3) is 3.94. The molecule has 0 unspecified atom stereocenters. The molecule has 2 aromatic rings. The van der Waals surface area contributed by atoms with Crippen LogP contribution in [-0.4, -0.2) is 23.3 Å². The van der Waals surface area contributed by atoms with Gasteiger partial charge in [0.2, 0.25) is 0 Å². The van der Waals surface area contributed by atoms with Crippen LogP contribution in [0, 0.1) is 0 Å². The third-order valence-corrected chi connectivity index (χ3v) is 3.97. The van der Waals surface area contributed by atoms with E-state index < -0.39 is 11.7 Å². The van der Waals surface area contributed by atoms with Gasteiger partial charge >= 0.3 is 6.09 Å². The maximum absolute atomic E-state index is 12.9. The minimum Gasteiger partial charge on any atom is -0.442 e. The number of benzene rings is 2. The summed E-state index contributed by atoms with van der Waals surface area (Å²) in [5, 5.41) is 0.468. The van der Waals surface area contributed by atoms with Crippen molar-refractivity contribution >= 4 is 35.0 Å². The van der Waals surface area contributed by atoms with Gasteiger partial charge in [-0.2, -0.15) is 4.99 Å². The number of aliphatic imine (C=N–C) groups is 1. The highest BCUT2D eigenvalue weighted by Gasteiger charge is 2.35. The zero-order valence-electron chi connectivity index (χ0n) is 14.8. The summed E-state index contributed by atoms with van der Waals surface area (Å²) in [6.07, 6.45) is -0.798. The lowest BCUT2D eigenvalue weighted by Gasteiger charge is -2.17. The van der Waals surface area contributed by atoms with Gasteiger partial charge in [-0.25, -0.2) is 4.79 Å². The maximum Gasteiger partial charge on any atom is 0.434 e. The SMILES string of the molecule is CC(C)(C)OC(=O)/N=C1\C(=O)N(Cc2ccccc2)c2ccc(Cl)cc21. The number of anilines is 1. The van der Waals surface area contributed by atoms with Crippen molar-refractivity contribution < 1.29 is 14.3 Å². The van der Waals surface area contributed by atoms with E-state index in [1.54, 1.807) is 43.9 Å². The highest BCUT2D eigenvalue weighted by molar-refractivity contribution is 6.55. The van der Waals surface area contributed by atoms with Crippen LogP contribution >= 0.6 is 11.6 Å². The average Bonchev–Trinajstić information content (AvgIpc) is 2.79. The first kappa shape index (κ1) is 18.1. The minimum absolute atomic E-state index is 0.0488. The van der Waals surface area contributed by atoms with Crippen molar-refractivity contribution in [1.29, 1.82) is 0 Å². The number of carbonyl (C=O) groups excluding carboxylic acids is 2. The Balaban J connectivity index is 1.98. The van der Waals surface area contributed by atoms with Gasteiger partial charge in [-0.1, -0.05) is 41.9 Å². The zero-order valence-corrected chi connectivity index (χ0v) is 15.6. The van der Waals surface area contributed by atoms with Crippen LogP contribution < -0.4 is 4.90 Å². The van der Waals surface area contributed by atoms with E-state index in [1.807, 2.05) is 30.3 Å². The van der Waals surface area contributed by atoms with E-state index in [2.05, 4.69) is 4.99 Å². The fourth-order valence-corrected chi connectivity index (χ4v) is 2.86. The number of fused-ring (bicyclic) bond motifs is 1. The summed E-state index contributed by atoms with van der Waals surface area (Å²) in [4.78, 5) is 30.5. The van der Waals surface area contributed by atoms with Gasteiger partial charge in [0, 0.05) is 10.6 Å². The summed E-state index contributed by atoms with van der Waals surface area (Å²) >= 11 is 6.09. The molecule has 0 atom stereocenters. The lowest BCUT2D eigenvalue weighted by atomic mass is 10.1. The second-order valence-corrected chi connectivity index (χ2v) is 7.42. The van der Waals surface area contributed by atoms with Gasteiger partial charge in [0.15, 0.2) is 0 Å². The largest absolute Gasteiger partial charge is 0.442 e. The zero-order chi connectivity index (χ0) is 18.9. The maximum atomic E-state index is 12.9. The molecule has 26 heavy (non-hydrogen) atoms. The summed E-state index contributed by atoms with van der Waals surface area (Å²) in [5.41, 5.74) is 1.53. The molecule has 1 aliphatic rings. The first-order valence-electron chi connectivity index (χ1n) is 8.22. The van der Waals surface area contributed by atoms with Crippen molar-refractivity contribution in [2.45, 2.75) is 32.9 Å². The van der Waals surface area contributed by atoms with Gasteiger partial charge in [-0.15, -0.1) is 0 Å². The van der Waals surface area contributed by atoms with Crippen LogP contribution in [0.15, 0.2) is 53.5 Å². The van der Waals surface area contributed by atoms with Gasteiger partial charge in [0.05, 0.1) is 12.2 Å². The highest BCUT2D eigenvalue weighted by Crippen LogP contribution is 2.33. The Bertz CT molecular complexity index is 886. The van der Waals surface area contributed by atoms with Crippen LogP contribution in [0.1, 0.15) is 31.9 Å². The van der Waals surface area contributed by atoms with Crippen LogP contribution in [0.3, 0.4) is 0 Å². The van der Waals surface area contributed by atoms with Crippen LogP contribution in [0.4, 0.5) is 10.5 Å². The molecule has 0 saturated carbocycles. The standard InChI is InChI=1S/C20H19ClN2O3/c1-20(2,3)26-19(25)22-17-15-11-14(21)9-10-16(15)23(18(17)24)12-13-7-5-4-6-8-13/h4-11H,12H2,1-3H3/b22-17-. The Hall–Kier alpha value is -2.66. The number of rotatable bonds is 2. The molecule has 0 spiro atoms. The number of amides is 2. The predicted molar refractivity (Wildman–Crippen MR) is 102 cm³/mol. The molecule has 0 bridgehead atoms. The van der Waals surface area contributed by atoms with Crippen LogP contribution in [-0.2, 0) is 16.1 Å². The Labute approximate surface area is 157 Å². The normalized spacial score (nSPS) is 15.3. The Kier molecular flexibility index (Phi) is 4.83. The fourth-order valence-electron chi connectivity index (χ4n) is 2.69. The van der Waals surface area contributed by atoms with Crippen molar-refractivity contribution in [3.8, 4) is 0 Å². The number of carbonyl (C=O) groups is 2. The molecule has 1 aliphatic heterocycles. The van der Waals surface area contributed by atoms with E-state index in [1.165, 1.54) is 0 Å². The first-order chi connectivity index (χ1) is 12.2. The topological polar surface area (TPSA) is 59.0 Å². The molecule has 2 amide bonds. The summed E-state index contributed by atoms with van der Waals surface area (Å²) in [6, 6.07) is 14.7. The van der Waals surface area contributed by atoms with Crippen molar-refractivity contribution in [2.24, 2.45) is 4.99 Å². The number of halogens is 1. The summed E-state index contributed by atoms with van der Waals surface area (Å²) in [6.45, 7) is 5.61. The second-order valence-electron chi connectivity index (χ2n) is 6.98. The van der Waals surface area contributed by atoms with Crippen LogP contribution in [0.5, 0.6) is 0 Å². The molecule has 0 N–H and O–H groups in total. The highest BCUT2D eigenvalue weighted by atomic mass is 35.5. The summed E-state index contributed by atoms with van der Waals surface area (Å²) in [7, 11) is 0. The molecule has 134 valence electrons. The average molecular weight is 371 g/mol. The predicted octanol–water partition coefficient (Wildman–Crippen LogP) is 4.61. The van der Waals surface area contributed by atoms with E-state index in [9.17, 15) is 9.59 Å². The molecule has 0 aromatic heterocycles. The number of ether oxygens (including phenoxy) is 1. The van der Waals surface area contributed by atoms with E-state index in [0.717, 1.165) is 5.56 Å². The lowest BCUT2D eigenvalue weighted by molar-refractivity contribution is -0.112. The Morgan fingerprint density at radius 3 is 2.50 bits per heavy atom. The fraction of sp³-hybridized carbons (Fsp3) is 0.250. The first-order valence-corrected chi connectivity index (χ1v) is 8.60. The Morgan fingerprint density at radius 1 is 1.15 bits per heavy atom. The van der Waals surface area contributed by atoms with E-state index in [0.29, 0.717) is 22.8 Å². The molecule has 6 heteroatoms. The van der Waals surface area contributed by atoms with Crippen molar-refractivity contribution in [3.63, 3.8) is 0 Å². The molecule has 1 heterocycles. The molecule has 0 aliphatic carbocycles. The van der Waals surface area contributed by atoms with Gasteiger partial charge in [-0.3, -0.25) is 4.79 Å². The Morgan fingerprint density at radius 2 is 1.85 bits per heavy atom. The second kappa shape index (κ2) is 6.92. The minimum atomic E-state index is -0.798. The molecule has 0 saturated heterocycles. The van der Waals surface area contributed by atoms with Crippen molar-refractivity contribution in [2.75, 3.05) is 4.90 Å². The van der Waals surface area contributed by atoms with E-state index in [4.69, 9.17) is 16.3 Å². The van der Waals surface area contributed by atoms with Gasteiger partial charge < -0.3 is 9.64 Å². The summed E-state index contributed by atoms with van der Waals surface area (Å²) in [5.74, 6) is -0.350. The number of nitrogens with zero attached hydrogens (tertiary/aromatic N) is 2. The quantitative estimate of drug-likeness (QED) is 0.775. The van der Waals surface area contributed by atoms with Crippen molar-refractivity contribution in [1.82, 2.24) is 0 Å². The smallest absolute Gasteiger partial charge is 0.434 e. The van der Waals surface area contributed by atoms with Crippen molar-refractivity contribution in [3.05, 3.63) is 64.7 Å². The number of hydrogen-bond donors (Lipinski definition) is 0. The van der Waals surface area contributed by atoms with E-state index in [-0.39, 0.29) is 11.6 Å². The molecular formula is C20H19ClN2O3. The number of hydrogen-bond acceptors (Lipinski definition) is 3. The van der Waals surface area contributed by atoms with E-state index >= 15 is 0 Å². The molecule has 0 radical (unpaired) electrons. The molecular weight excluding hydrogens is 352 g/mol. The summed E-state index contributed by atoms with van der Waals surface area (Å²) < 4.78 is 5.22. The van der Waals surface area contributed by atoms with Gasteiger partial charge in [0.25, 0.3) is 5.91 Å². The van der Waals surface area contributed by atoms with Crippen LogP contribution in [0.2, 0.25) is 5.02 Å². The molecule has 5 nitrogen and oxygen atoms in total. The molecule has 0 fully saturated rings.